The Balaban J connectivity index is 1.86. The van der Waals surface area contributed by atoms with Crippen molar-refractivity contribution in [1.82, 2.24) is 15.6 Å². The van der Waals surface area contributed by atoms with Crippen LogP contribution in [0, 0.1) is 0 Å². The second-order valence-corrected chi connectivity index (χ2v) is 7.97. The number of rotatable bonds is 6. The van der Waals surface area contributed by atoms with Gasteiger partial charge in [0.15, 0.2) is 0 Å². The van der Waals surface area contributed by atoms with Gasteiger partial charge in [0.05, 0.1) is 15.8 Å². The van der Waals surface area contributed by atoms with Crippen LogP contribution in [0.3, 0.4) is 0 Å². The second-order valence-electron chi connectivity index (χ2n) is 5.83. The first-order valence-electron chi connectivity index (χ1n) is 8.09. The monoisotopic (exact) mass is 451 g/mol. The Morgan fingerprint density at radius 1 is 1.38 bits per heavy atom. The molecule has 24 heavy (non-hydrogen) atoms. The van der Waals surface area contributed by atoms with Crippen LogP contribution in [0.15, 0.2) is 48.2 Å². The van der Waals surface area contributed by atoms with Gasteiger partial charge in [0.1, 0.15) is 5.01 Å². The number of aryl methyl sites for hydroxylation is 1. The highest BCUT2D eigenvalue weighted by Gasteiger charge is 2.23. The van der Waals surface area contributed by atoms with Gasteiger partial charge in [-0.2, -0.15) is 0 Å². The van der Waals surface area contributed by atoms with Crippen LogP contribution in [0.25, 0.3) is 16.3 Å². The Morgan fingerprint density at radius 3 is 2.92 bits per heavy atom. The summed E-state index contributed by atoms with van der Waals surface area (Å²) in [6.45, 7) is 0. The highest BCUT2D eigenvalue weighted by Crippen LogP contribution is 2.28. The van der Waals surface area contributed by atoms with Gasteiger partial charge in [-0.25, -0.2) is 4.98 Å². The molecular weight excluding hydrogens is 429 g/mol. The lowest BCUT2D eigenvalue weighted by Gasteiger charge is -2.28. The lowest BCUT2D eigenvalue weighted by Crippen LogP contribution is -2.39. The second kappa shape index (κ2) is 7.80. The summed E-state index contributed by atoms with van der Waals surface area (Å²) >= 11 is 4.18. The van der Waals surface area contributed by atoms with E-state index in [0.717, 1.165) is 33.5 Å². The van der Waals surface area contributed by atoms with Gasteiger partial charge < -0.3 is 10.6 Å². The van der Waals surface area contributed by atoms with Crippen molar-refractivity contribution in [2.45, 2.75) is 18.4 Å². The Hall–Kier alpha value is -1.18. The zero-order valence-electron chi connectivity index (χ0n) is 14.0. The predicted molar refractivity (Wildman–Crippen MR) is 114 cm³/mol. The molecule has 1 aromatic heterocycles. The SMILES string of the molecule is CNC1=CCC(C=Cc2nc3c(CCI)cccc3s2)(NC)C=C1. The van der Waals surface area contributed by atoms with E-state index >= 15 is 0 Å². The standard InChI is InChI=1S/C19H22IN3S/c1-21-15-6-10-19(22-2,11-7-15)12-8-17-23-18-14(9-13-20)4-3-5-16(18)24-17/h3-8,10,12,21-22H,9,11,13H2,1-2H3. The number of para-hydroxylation sites is 1. The van der Waals surface area contributed by atoms with Gasteiger partial charge in [-0.05, 0) is 43.7 Å². The molecule has 0 bridgehead atoms. The number of hydrogen-bond acceptors (Lipinski definition) is 4. The van der Waals surface area contributed by atoms with Crippen molar-refractivity contribution in [3.63, 3.8) is 0 Å². The Labute approximate surface area is 161 Å². The summed E-state index contributed by atoms with van der Waals surface area (Å²) in [7, 11) is 3.95. The molecule has 0 saturated carbocycles. The lowest BCUT2D eigenvalue weighted by atomic mass is 9.90. The summed E-state index contributed by atoms with van der Waals surface area (Å²) in [4.78, 5) is 4.86. The fraction of sp³-hybridized carbons (Fsp3) is 0.316. The summed E-state index contributed by atoms with van der Waals surface area (Å²) in [5, 5.41) is 7.68. The maximum atomic E-state index is 4.86. The molecule has 1 aromatic carbocycles. The maximum Gasteiger partial charge on any atom is 0.117 e. The molecule has 1 heterocycles. The van der Waals surface area contributed by atoms with E-state index in [9.17, 15) is 0 Å². The van der Waals surface area contributed by atoms with Crippen molar-refractivity contribution in [2.24, 2.45) is 0 Å². The quantitative estimate of drug-likeness (QED) is 0.508. The molecule has 0 fully saturated rings. The van der Waals surface area contributed by atoms with Gasteiger partial charge >= 0.3 is 0 Å². The number of aromatic nitrogens is 1. The summed E-state index contributed by atoms with van der Waals surface area (Å²) in [5.41, 5.74) is 3.54. The number of halogens is 1. The fourth-order valence-electron chi connectivity index (χ4n) is 2.85. The van der Waals surface area contributed by atoms with Crippen LogP contribution in [-0.4, -0.2) is 29.0 Å². The van der Waals surface area contributed by atoms with Crippen molar-refractivity contribution in [1.29, 1.82) is 0 Å². The molecule has 3 rings (SSSR count). The van der Waals surface area contributed by atoms with Crippen LogP contribution >= 0.6 is 33.9 Å². The number of nitrogens with zero attached hydrogens (tertiary/aromatic N) is 1. The highest BCUT2D eigenvalue weighted by atomic mass is 127. The maximum absolute atomic E-state index is 4.86. The fourth-order valence-corrected chi connectivity index (χ4v) is 4.35. The lowest BCUT2D eigenvalue weighted by molar-refractivity contribution is 0.536. The average molecular weight is 451 g/mol. The molecule has 0 amide bonds. The molecule has 5 heteroatoms. The van der Waals surface area contributed by atoms with E-state index in [1.807, 2.05) is 14.1 Å². The van der Waals surface area contributed by atoms with E-state index in [2.05, 4.69) is 81.8 Å². The van der Waals surface area contributed by atoms with Crippen molar-refractivity contribution in [3.05, 3.63) is 58.8 Å². The molecule has 0 spiro atoms. The van der Waals surface area contributed by atoms with Crippen LogP contribution < -0.4 is 10.6 Å². The number of nitrogens with one attached hydrogen (secondary N) is 2. The first kappa shape index (κ1) is 17.6. The number of thiazole rings is 1. The minimum Gasteiger partial charge on any atom is -0.388 e. The molecule has 0 radical (unpaired) electrons. The molecule has 1 unspecified atom stereocenters. The zero-order chi connectivity index (χ0) is 17.0. The van der Waals surface area contributed by atoms with Gasteiger partial charge in [-0.3, -0.25) is 0 Å². The van der Waals surface area contributed by atoms with Gasteiger partial charge in [0.25, 0.3) is 0 Å². The van der Waals surface area contributed by atoms with Gasteiger partial charge in [0.2, 0.25) is 0 Å². The van der Waals surface area contributed by atoms with Crippen LogP contribution in [0.1, 0.15) is 17.0 Å². The number of benzene rings is 1. The van der Waals surface area contributed by atoms with Crippen LogP contribution in [-0.2, 0) is 6.42 Å². The summed E-state index contributed by atoms with van der Waals surface area (Å²) in [6, 6.07) is 6.49. The Kier molecular flexibility index (Phi) is 5.73. The number of allylic oxidation sites excluding steroid dienone is 1. The van der Waals surface area contributed by atoms with E-state index in [-0.39, 0.29) is 5.54 Å². The van der Waals surface area contributed by atoms with Gasteiger partial charge in [-0.15, -0.1) is 11.3 Å². The molecule has 1 aliphatic carbocycles. The molecule has 2 aromatic rings. The zero-order valence-corrected chi connectivity index (χ0v) is 16.9. The van der Waals surface area contributed by atoms with E-state index < -0.39 is 0 Å². The van der Waals surface area contributed by atoms with E-state index in [1.165, 1.54) is 10.3 Å². The molecule has 126 valence electrons. The minimum absolute atomic E-state index is 0.136. The van der Waals surface area contributed by atoms with Crippen molar-refractivity contribution in [2.75, 3.05) is 18.5 Å². The van der Waals surface area contributed by atoms with E-state index in [4.69, 9.17) is 4.98 Å². The third-order valence-corrected chi connectivity index (χ3v) is 5.91. The third-order valence-electron chi connectivity index (χ3n) is 4.38. The molecule has 0 saturated heterocycles. The largest absolute Gasteiger partial charge is 0.388 e. The summed E-state index contributed by atoms with van der Waals surface area (Å²) in [6.07, 6.45) is 12.9. The van der Waals surface area contributed by atoms with Gasteiger partial charge in [-0.1, -0.05) is 53.0 Å². The average Bonchev–Trinajstić information content (AvgIpc) is 3.05. The molecule has 0 aliphatic heterocycles. The van der Waals surface area contributed by atoms with Crippen LogP contribution in [0.2, 0.25) is 0 Å². The predicted octanol–water partition coefficient (Wildman–Crippen LogP) is 4.31. The van der Waals surface area contributed by atoms with Crippen molar-refractivity contribution < 1.29 is 0 Å². The summed E-state index contributed by atoms with van der Waals surface area (Å²) < 4.78 is 2.39. The number of likely N-dealkylation sites (N-methyl/N-ethyl adjacent to an activating group) is 2. The molecule has 3 nitrogen and oxygen atoms in total. The molecule has 1 aliphatic rings. The third kappa shape index (κ3) is 3.73. The van der Waals surface area contributed by atoms with Crippen LogP contribution in [0.5, 0.6) is 0 Å². The van der Waals surface area contributed by atoms with E-state index in [1.54, 1.807) is 11.3 Å². The molecule has 2 N–H and O–H groups in total. The normalized spacial score (nSPS) is 20.7. The smallest absolute Gasteiger partial charge is 0.117 e. The summed E-state index contributed by atoms with van der Waals surface area (Å²) in [5.74, 6) is 0. The van der Waals surface area contributed by atoms with Crippen molar-refractivity contribution in [3.8, 4) is 0 Å². The number of fused-ring (bicyclic) bond motifs is 1. The topological polar surface area (TPSA) is 37.0 Å². The highest BCUT2D eigenvalue weighted by molar-refractivity contribution is 14.1. The first-order valence-corrected chi connectivity index (χ1v) is 10.4. The Bertz CT molecular complexity index is 806. The number of alkyl halides is 1. The molecule has 1 atom stereocenters. The van der Waals surface area contributed by atoms with Gasteiger partial charge in [0, 0.05) is 17.2 Å². The minimum atomic E-state index is -0.136. The number of hydrogen-bond donors (Lipinski definition) is 2. The van der Waals surface area contributed by atoms with Crippen LogP contribution in [0.4, 0.5) is 0 Å². The molecular formula is C19H22IN3S. The Morgan fingerprint density at radius 2 is 2.25 bits per heavy atom. The van der Waals surface area contributed by atoms with Crippen molar-refractivity contribution >= 4 is 50.2 Å². The first-order chi connectivity index (χ1) is 11.7. The van der Waals surface area contributed by atoms with E-state index in [0.29, 0.717) is 0 Å².